The van der Waals surface area contributed by atoms with Crippen LogP contribution >= 0.6 is 0 Å². The molecule has 3 N–H and O–H groups in total. The minimum absolute atomic E-state index is 0.203. The number of amides is 2. The predicted octanol–water partition coefficient (Wildman–Crippen LogP) is 2.82. The van der Waals surface area contributed by atoms with Gasteiger partial charge in [0.1, 0.15) is 6.04 Å². The number of aromatic nitrogens is 1. The largest absolute Gasteiger partial charge is 0.454 e. The first kappa shape index (κ1) is 18.9. The number of fused-ring (bicyclic) bond motifs is 2. The highest BCUT2D eigenvalue weighted by Gasteiger charge is 2.24. The second kappa shape index (κ2) is 7.87. The van der Waals surface area contributed by atoms with Crippen molar-refractivity contribution < 1.29 is 19.1 Å². The fourth-order valence-electron chi connectivity index (χ4n) is 3.55. The number of hydrogen-bond donors (Lipinski definition) is 3. The molecule has 0 bridgehead atoms. The van der Waals surface area contributed by atoms with Crippen LogP contribution in [-0.2, 0) is 16.0 Å². The number of para-hydroxylation sites is 1. The molecule has 0 saturated heterocycles. The third kappa shape index (κ3) is 4.03. The highest BCUT2D eigenvalue weighted by Crippen LogP contribution is 2.34. The number of benzene rings is 2. The Morgan fingerprint density at radius 1 is 1.10 bits per heavy atom. The van der Waals surface area contributed by atoms with Crippen molar-refractivity contribution in [2.45, 2.75) is 32.4 Å². The van der Waals surface area contributed by atoms with E-state index in [-0.39, 0.29) is 24.6 Å². The van der Waals surface area contributed by atoms with Gasteiger partial charge in [0.2, 0.25) is 18.6 Å². The van der Waals surface area contributed by atoms with Crippen molar-refractivity contribution in [3.63, 3.8) is 0 Å². The molecule has 2 unspecified atom stereocenters. The summed E-state index contributed by atoms with van der Waals surface area (Å²) in [7, 11) is 0. The zero-order chi connectivity index (χ0) is 20.4. The lowest BCUT2D eigenvalue weighted by molar-refractivity contribution is -0.128. The van der Waals surface area contributed by atoms with E-state index in [1.807, 2.05) is 55.6 Å². The van der Waals surface area contributed by atoms with Gasteiger partial charge in [-0.25, -0.2) is 0 Å². The van der Waals surface area contributed by atoms with Gasteiger partial charge in [0.15, 0.2) is 11.5 Å². The van der Waals surface area contributed by atoms with E-state index < -0.39 is 6.04 Å². The molecule has 0 radical (unpaired) electrons. The Balaban J connectivity index is 1.50. The van der Waals surface area contributed by atoms with Crippen molar-refractivity contribution in [3.05, 3.63) is 59.8 Å². The zero-order valence-corrected chi connectivity index (χ0v) is 16.3. The molecule has 150 valence electrons. The number of nitrogens with one attached hydrogen (secondary N) is 3. The maximum Gasteiger partial charge on any atom is 0.243 e. The van der Waals surface area contributed by atoms with Crippen LogP contribution in [0.5, 0.6) is 11.5 Å². The van der Waals surface area contributed by atoms with Crippen molar-refractivity contribution in [1.29, 1.82) is 0 Å². The van der Waals surface area contributed by atoms with Crippen LogP contribution in [0.2, 0.25) is 0 Å². The Morgan fingerprint density at radius 2 is 1.90 bits per heavy atom. The Kier molecular flexibility index (Phi) is 5.12. The van der Waals surface area contributed by atoms with Crippen LogP contribution in [0.25, 0.3) is 10.9 Å². The minimum Gasteiger partial charge on any atom is -0.454 e. The molecule has 0 saturated carbocycles. The van der Waals surface area contributed by atoms with Crippen LogP contribution in [0, 0.1) is 0 Å². The summed E-state index contributed by atoms with van der Waals surface area (Å²) in [6.45, 7) is 3.51. The Morgan fingerprint density at radius 3 is 2.72 bits per heavy atom. The van der Waals surface area contributed by atoms with Crippen molar-refractivity contribution in [2.24, 2.45) is 0 Å². The molecular formula is C22H23N3O4. The summed E-state index contributed by atoms with van der Waals surface area (Å²) in [4.78, 5) is 27.9. The van der Waals surface area contributed by atoms with Gasteiger partial charge >= 0.3 is 0 Å². The van der Waals surface area contributed by atoms with Gasteiger partial charge in [-0.2, -0.15) is 0 Å². The van der Waals surface area contributed by atoms with E-state index >= 15 is 0 Å². The van der Waals surface area contributed by atoms with Crippen LogP contribution < -0.4 is 20.1 Å². The summed E-state index contributed by atoms with van der Waals surface area (Å²) in [6.07, 6.45) is 2.28. The second-order valence-electron chi connectivity index (χ2n) is 7.16. The lowest BCUT2D eigenvalue weighted by Gasteiger charge is -2.21. The normalized spacial score (nSPS) is 14.4. The average Bonchev–Trinajstić information content (AvgIpc) is 3.33. The van der Waals surface area contributed by atoms with Crippen LogP contribution in [0.4, 0.5) is 0 Å². The summed E-state index contributed by atoms with van der Waals surface area (Å²) < 4.78 is 10.7. The van der Waals surface area contributed by atoms with Crippen LogP contribution in [0.15, 0.2) is 48.7 Å². The molecule has 2 aromatic carbocycles. The Hall–Kier alpha value is -3.48. The Labute approximate surface area is 168 Å². The topological polar surface area (TPSA) is 92.5 Å². The SMILES string of the molecule is CC(=O)NC(Cc1c[nH]c2ccccc12)C(=O)NC(C)c1ccc2c(c1)OCO2. The first-order chi connectivity index (χ1) is 14.0. The summed E-state index contributed by atoms with van der Waals surface area (Å²) in [5.41, 5.74) is 2.87. The van der Waals surface area contributed by atoms with E-state index in [1.165, 1.54) is 6.92 Å². The molecule has 1 aliphatic heterocycles. The molecule has 1 aromatic heterocycles. The summed E-state index contributed by atoms with van der Waals surface area (Å²) in [5.74, 6) is 0.875. The highest BCUT2D eigenvalue weighted by molar-refractivity contribution is 5.89. The third-order valence-corrected chi connectivity index (χ3v) is 5.05. The zero-order valence-electron chi connectivity index (χ0n) is 16.3. The second-order valence-corrected chi connectivity index (χ2v) is 7.16. The molecule has 2 amide bonds. The molecule has 7 nitrogen and oxygen atoms in total. The molecule has 29 heavy (non-hydrogen) atoms. The van der Waals surface area contributed by atoms with Crippen molar-refractivity contribution >= 4 is 22.7 Å². The average molecular weight is 393 g/mol. The molecule has 2 heterocycles. The van der Waals surface area contributed by atoms with Crippen LogP contribution in [0.3, 0.4) is 0 Å². The first-order valence-electron chi connectivity index (χ1n) is 9.53. The molecule has 1 aliphatic rings. The number of rotatable bonds is 6. The molecule has 3 aromatic rings. The van der Waals surface area contributed by atoms with Gasteiger partial charge in [-0.1, -0.05) is 24.3 Å². The molecule has 7 heteroatoms. The lowest BCUT2D eigenvalue weighted by atomic mass is 10.0. The first-order valence-corrected chi connectivity index (χ1v) is 9.53. The van der Waals surface area contributed by atoms with Gasteiger partial charge in [0, 0.05) is 30.4 Å². The summed E-state index contributed by atoms with van der Waals surface area (Å²) in [5, 5.41) is 6.81. The number of aromatic amines is 1. The molecular weight excluding hydrogens is 370 g/mol. The lowest BCUT2D eigenvalue weighted by Crippen LogP contribution is -2.47. The van der Waals surface area contributed by atoms with Crippen LogP contribution in [0.1, 0.15) is 31.0 Å². The van der Waals surface area contributed by atoms with Gasteiger partial charge < -0.3 is 25.1 Å². The smallest absolute Gasteiger partial charge is 0.243 e. The Bertz CT molecular complexity index is 1060. The van der Waals surface area contributed by atoms with E-state index in [0.717, 1.165) is 22.0 Å². The number of carbonyl (C=O) groups excluding carboxylic acids is 2. The monoisotopic (exact) mass is 393 g/mol. The summed E-state index contributed by atoms with van der Waals surface area (Å²) >= 11 is 0. The number of ether oxygens (including phenoxy) is 2. The molecule has 0 fully saturated rings. The van der Waals surface area contributed by atoms with Crippen LogP contribution in [-0.4, -0.2) is 29.6 Å². The quantitative estimate of drug-likeness (QED) is 0.600. The van der Waals surface area contributed by atoms with Crippen molar-refractivity contribution in [3.8, 4) is 11.5 Å². The number of H-pyrrole nitrogens is 1. The van der Waals surface area contributed by atoms with E-state index in [9.17, 15) is 9.59 Å². The van der Waals surface area contributed by atoms with E-state index in [4.69, 9.17) is 9.47 Å². The maximum absolute atomic E-state index is 13.0. The third-order valence-electron chi connectivity index (χ3n) is 5.05. The van der Waals surface area contributed by atoms with E-state index in [1.54, 1.807) is 0 Å². The molecule has 0 spiro atoms. The van der Waals surface area contributed by atoms with Crippen molar-refractivity contribution in [2.75, 3.05) is 6.79 Å². The van der Waals surface area contributed by atoms with E-state index in [0.29, 0.717) is 17.9 Å². The van der Waals surface area contributed by atoms with Crippen molar-refractivity contribution in [1.82, 2.24) is 15.6 Å². The molecule has 0 aliphatic carbocycles. The maximum atomic E-state index is 13.0. The van der Waals surface area contributed by atoms with Gasteiger partial charge in [0.05, 0.1) is 6.04 Å². The predicted molar refractivity (Wildman–Crippen MR) is 109 cm³/mol. The number of carbonyl (C=O) groups is 2. The van der Waals surface area contributed by atoms with E-state index in [2.05, 4.69) is 15.6 Å². The van der Waals surface area contributed by atoms with Gasteiger partial charge in [-0.3, -0.25) is 9.59 Å². The van der Waals surface area contributed by atoms with Gasteiger partial charge in [-0.05, 0) is 36.2 Å². The highest BCUT2D eigenvalue weighted by atomic mass is 16.7. The fraction of sp³-hybridized carbons (Fsp3) is 0.273. The molecule has 4 rings (SSSR count). The van der Waals surface area contributed by atoms with Gasteiger partial charge in [0.25, 0.3) is 0 Å². The fourth-order valence-corrected chi connectivity index (χ4v) is 3.55. The molecule has 2 atom stereocenters. The summed E-state index contributed by atoms with van der Waals surface area (Å²) in [6, 6.07) is 12.5. The number of hydrogen-bond acceptors (Lipinski definition) is 4. The van der Waals surface area contributed by atoms with Gasteiger partial charge in [-0.15, -0.1) is 0 Å². The standard InChI is InChI=1S/C22H23N3O4/c1-13(15-7-8-20-21(10-15)29-12-28-20)24-22(27)19(25-14(2)26)9-16-11-23-18-6-4-3-5-17(16)18/h3-8,10-11,13,19,23H,9,12H2,1-2H3,(H,24,27)(H,25,26). The minimum atomic E-state index is -0.678.